The molecule has 1 aromatic heterocycles. The minimum atomic E-state index is -0.169. The van der Waals surface area contributed by atoms with E-state index in [0.717, 1.165) is 11.4 Å². The zero-order valence-electron chi connectivity index (χ0n) is 12.7. The van der Waals surface area contributed by atoms with Crippen LogP contribution < -0.4 is 5.32 Å². The lowest BCUT2D eigenvalue weighted by Crippen LogP contribution is -2.26. The molecule has 2 aromatic rings. The van der Waals surface area contributed by atoms with Gasteiger partial charge in [-0.25, -0.2) is 4.68 Å². The summed E-state index contributed by atoms with van der Waals surface area (Å²) in [6, 6.07) is 7.33. The van der Waals surface area contributed by atoms with Crippen LogP contribution in [0.25, 0.3) is 5.69 Å². The molecule has 2 N–H and O–H groups in total. The van der Waals surface area contributed by atoms with Crippen molar-refractivity contribution in [1.29, 1.82) is 0 Å². The lowest BCUT2D eigenvalue weighted by molar-refractivity contribution is 0.0950. The normalized spacial score (nSPS) is 11.0. The Morgan fingerprint density at radius 2 is 2.05 bits per heavy atom. The molecule has 22 heavy (non-hydrogen) atoms. The van der Waals surface area contributed by atoms with E-state index in [1.807, 2.05) is 26.0 Å². The Kier molecular flexibility index (Phi) is 5.57. The number of aromatic nitrogens is 2. The first-order valence-electron chi connectivity index (χ1n) is 7.27. The molecule has 0 aliphatic carbocycles. The van der Waals surface area contributed by atoms with Crippen molar-refractivity contribution in [2.24, 2.45) is 0 Å². The molecule has 0 spiro atoms. The molecule has 1 amide bonds. The number of hydrogen-bond acceptors (Lipinski definition) is 3. The molecule has 0 aliphatic rings. The fraction of sp³-hybridized carbons (Fsp3) is 0.375. The zero-order chi connectivity index (χ0) is 16.1. The molecule has 2 rings (SSSR count). The average molecular weight is 322 g/mol. The first kappa shape index (κ1) is 16.5. The van der Waals surface area contributed by atoms with Crippen LogP contribution >= 0.6 is 11.6 Å². The number of aliphatic hydroxyl groups excluding tert-OH is 1. The fourth-order valence-corrected chi connectivity index (χ4v) is 2.38. The Hall–Kier alpha value is -1.85. The van der Waals surface area contributed by atoms with Crippen molar-refractivity contribution in [3.05, 3.63) is 46.7 Å². The van der Waals surface area contributed by atoms with E-state index in [4.69, 9.17) is 16.7 Å². The van der Waals surface area contributed by atoms with Gasteiger partial charge in [0.25, 0.3) is 5.91 Å². The quantitative estimate of drug-likeness (QED) is 0.804. The number of carbonyl (C=O) groups excluding carboxylic acids is 1. The standard InChI is InChI=1S/C16H20ClN3O2/c1-11(2)15-14(16(22)18-8-3-9-21)10-19-20(15)13-6-4-12(17)5-7-13/h4-7,10-11,21H,3,8-9H2,1-2H3,(H,18,22). The summed E-state index contributed by atoms with van der Waals surface area (Å²) in [6.45, 7) is 4.54. The van der Waals surface area contributed by atoms with Crippen molar-refractivity contribution in [2.75, 3.05) is 13.2 Å². The van der Waals surface area contributed by atoms with Crippen LogP contribution in [0.5, 0.6) is 0 Å². The highest BCUT2D eigenvalue weighted by molar-refractivity contribution is 6.30. The van der Waals surface area contributed by atoms with E-state index in [2.05, 4.69) is 10.4 Å². The molecule has 0 aliphatic heterocycles. The molecule has 0 fully saturated rings. The smallest absolute Gasteiger partial charge is 0.254 e. The summed E-state index contributed by atoms with van der Waals surface area (Å²) in [6.07, 6.45) is 2.12. The van der Waals surface area contributed by atoms with Crippen LogP contribution in [-0.2, 0) is 0 Å². The van der Waals surface area contributed by atoms with E-state index in [-0.39, 0.29) is 18.4 Å². The summed E-state index contributed by atoms with van der Waals surface area (Å²) in [5.74, 6) is -0.0332. The van der Waals surface area contributed by atoms with Crippen molar-refractivity contribution >= 4 is 17.5 Å². The summed E-state index contributed by atoms with van der Waals surface area (Å²) >= 11 is 5.91. The number of aliphatic hydroxyl groups is 1. The van der Waals surface area contributed by atoms with Gasteiger partial charge in [0.05, 0.1) is 23.1 Å². The maximum atomic E-state index is 12.3. The molecular formula is C16H20ClN3O2. The predicted octanol–water partition coefficient (Wildman–Crippen LogP) is 2.76. The minimum Gasteiger partial charge on any atom is -0.396 e. The van der Waals surface area contributed by atoms with Crippen molar-refractivity contribution in [3.63, 3.8) is 0 Å². The zero-order valence-corrected chi connectivity index (χ0v) is 13.5. The Morgan fingerprint density at radius 1 is 1.36 bits per heavy atom. The fourth-order valence-electron chi connectivity index (χ4n) is 2.25. The van der Waals surface area contributed by atoms with E-state index in [1.54, 1.807) is 23.0 Å². The van der Waals surface area contributed by atoms with Crippen LogP contribution in [0.2, 0.25) is 5.02 Å². The van der Waals surface area contributed by atoms with Crippen molar-refractivity contribution < 1.29 is 9.90 Å². The second kappa shape index (κ2) is 7.42. The molecule has 0 unspecified atom stereocenters. The maximum absolute atomic E-state index is 12.3. The van der Waals surface area contributed by atoms with Gasteiger partial charge in [0, 0.05) is 18.2 Å². The summed E-state index contributed by atoms with van der Waals surface area (Å²) < 4.78 is 1.77. The summed E-state index contributed by atoms with van der Waals surface area (Å²) in [7, 11) is 0. The highest BCUT2D eigenvalue weighted by Gasteiger charge is 2.20. The van der Waals surface area contributed by atoms with Gasteiger partial charge in [-0.2, -0.15) is 5.10 Å². The topological polar surface area (TPSA) is 67.2 Å². The second-order valence-corrected chi connectivity index (χ2v) is 5.76. The molecule has 0 saturated carbocycles. The highest BCUT2D eigenvalue weighted by Crippen LogP contribution is 2.23. The van der Waals surface area contributed by atoms with Crippen LogP contribution in [-0.4, -0.2) is 33.9 Å². The van der Waals surface area contributed by atoms with Crippen LogP contribution in [0.15, 0.2) is 30.5 Å². The third-order valence-corrected chi connectivity index (χ3v) is 3.54. The molecule has 1 heterocycles. The molecule has 1 aromatic carbocycles. The van der Waals surface area contributed by atoms with E-state index in [0.29, 0.717) is 23.6 Å². The second-order valence-electron chi connectivity index (χ2n) is 5.32. The van der Waals surface area contributed by atoms with E-state index in [1.165, 1.54) is 0 Å². The van der Waals surface area contributed by atoms with E-state index in [9.17, 15) is 4.79 Å². The Morgan fingerprint density at radius 3 is 2.64 bits per heavy atom. The first-order valence-corrected chi connectivity index (χ1v) is 7.65. The summed E-state index contributed by atoms with van der Waals surface area (Å²) in [5, 5.41) is 16.6. The number of amides is 1. The summed E-state index contributed by atoms with van der Waals surface area (Å²) in [4.78, 5) is 12.3. The molecule has 0 bridgehead atoms. The highest BCUT2D eigenvalue weighted by atomic mass is 35.5. The number of nitrogens with one attached hydrogen (secondary N) is 1. The van der Waals surface area contributed by atoms with Crippen LogP contribution in [0.1, 0.15) is 42.2 Å². The summed E-state index contributed by atoms with van der Waals surface area (Å²) in [5.41, 5.74) is 2.27. The van der Waals surface area contributed by atoms with Crippen LogP contribution in [0.4, 0.5) is 0 Å². The average Bonchev–Trinajstić information content (AvgIpc) is 2.93. The van der Waals surface area contributed by atoms with Crippen molar-refractivity contribution in [1.82, 2.24) is 15.1 Å². The van der Waals surface area contributed by atoms with Gasteiger partial charge in [-0.15, -0.1) is 0 Å². The first-order chi connectivity index (χ1) is 10.5. The predicted molar refractivity (Wildman–Crippen MR) is 86.7 cm³/mol. The number of carbonyl (C=O) groups is 1. The number of rotatable bonds is 6. The SMILES string of the molecule is CC(C)c1c(C(=O)NCCCO)cnn1-c1ccc(Cl)cc1. The number of halogens is 1. The Bertz CT molecular complexity index is 635. The largest absolute Gasteiger partial charge is 0.396 e. The maximum Gasteiger partial charge on any atom is 0.254 e. The Labute approximate surface area is 134 Å². The van der Waals surface area contributed by atoms with Crippen LogP contribution in [0, 0.1) is 0 Å². The molecule has 0 radical (unpaired) electrons. The molecule has 5 nitrogen and oxygen atoms in total. The lowest BCUT2D eigenvalue weighted by Gasteiger charge is -2.13. The lowest BCUT2D eigenvalue weighted by atomic mass is 10.0. The van der Waals surface area contributed by atoms with E-state index < -0.39 is 0 Å². The van der Waals surface area contributed by atoms with Gasteiger partial charge in [0.15, 0.2) is 0 Å². The number of nitrogens with zero attached hydrogens (tertiary/aromatic N) is 2. The van der Waals surface area contributed by atoms with Gasteiger partial charge >= 0.3 is 0 Å². The Balaban J connectivity index is 2.33. The van der Waals surface area contributed by atoms with Gasteiger partial charge in [0.1, 0.15) is 0 Å². The molecule has 0 atom stereocenters. The van der Waals surface area contributed by atoms with Gasteiger partial charge in [-0.1, -0.05) is 25.4 Å². The van der Waals surface area contributed by atoms with Gasteiger partial charge in [-0.3, -0.25) is 4.79 Å². The molecular weight excluding hydrogens is 302 g/mol. The van der Waals surface area contributed by atoms with Gasteiger partial charge < -0.3 is 10.4 Å². The third-order valence-electron chi connectivity index (χ3n) is 3.29. The molecule has 0 saturated heterocycles. The molecule has 6 heteroatoms. The van der Waals surface area contributed by atoms with Crippen molar-refractivity contribution in [2.45, 2.75) is 26.2 Å². The van der Waals surface area contributed by atoms with Gasteiger partial charge in [0.2, 0.25) is 0 Å². The van der Waals surface area contributed by atoms with Gasteiger partial charge in [-0.05, 0) is 36.6 Å². The van der Waals surface area contributed by atoms with Crippen molar-refractivity contribution in [3.8, 4) is 5.69 Å². The molecule has 118 valence electrons. The third kappa shape index (κ3) is 3.67. The minimum absolute atomic E-state index is 0.0569. The van der Waals surface area contributed by atoms with E-state index >= 15 is 0 Å². The number of benzene rings is 1. The van der Waals surface area contributed by atoms with Crippen LogP contribution in [0.3, 0.4) is 0 Å². The monoisotopic (exact) mass is 321 g/mol. The number of hydrogen-bond donors (Lipinski definition) is 2.